The van der Waals surface area contributed by atoms with Gasteiger partial charge in [-0.15, -0.1) is 0 Å². The third-order valence-electron chi connectivity index (χ3n) is 0. The minimum Gasteiger partial charge on any atom is -1.00 e. The molecule has 0 saturated heterocycles. The molecule has 0 bridgehead atoms. The molecule has 0 aromatic heterocycles. The van der Waals surface area contributed by atoms with Crippen LogP contribution in [0.25, 0.3) is 0 Å². The normalized spacial score (nSPS) is 2.18. The zero-order chi connectivity index (χ0) is 3.58. The molecule has 10 heteroatoms. The van der Waals surface area contributed by atoms with Crippen LogP contribution in [0.2, 0.25) is 0 Å². The number of rotatable bonds is 0. The summed E-state index contributed by atoms with van der Waals surface area (Å²) in [7, 11) is 0. The van der Waals surface area contributed by atoms with Gasteiger partial charge in [0.25, 0.3) is 0 Å². The Balaban J connectivity index is -0.00000000214. The molecule has 0 amide bonds. The van der Waals surface area contributed by atoms with Crippen LogP contribution in [0, 0.1) is 0 Å². The van der Waals surface area contributed by atoms with Gasteiger partial charge in [-0.2, -0.15) is 0 Å². The van der Waals surface area contributed by atoms with Gasteiger partial charge >= 0.3 is 148 Å². The summed E-state index contributed by atoms with van der Waals surface area (Å²) in [5, 5.41) is 16.7. The standard InChI is InChI=1S/CH2O3.Ca.3ClH.K.2Na/c2-1(3)4;;;;;;;/h(H2,2,3,4);;3*1H;;;/q;+2;;;;3*+1/p-5. The Kier molecular flexibility index (Phi) is 234. The van der Waals surface area contributed by atoms with Crippen LogP contribution in [-0.4, -0.2) is 43.9 Å². The van der Waals surface area contributed by atoms with Crippen LogP contribution in [0.4, 0.5) is 4.79 Å². The van der Waals surface area contributed by atoms with Crippen LogP contribution in [0.5, 0.6) is 0 Å². The van der Waals surface area contributed by atoms with Crippen LogP contribution in [0.15, 0.2) is 0 Å². The molecule has 0 rings (SSSR count). The van der Waals surface area contributed by atoms with E-state index < -0.39 is 6.16 Å². The van der Waals surface area contributed by atoms with E-state index in [9.17, 15) is 0 Å². The third kappa shape index (κ3) is 101. The zero-order valence-corrected chi connectivity index (χ0v) is 18.2. The van der Waals surface area contributed by atoms with E-state index in [2.05, 4.69) is 0 Å². The Bertz CT molecular complexity index is 49.6. The zero-order valence-electron chi connectivity index (χ0n) is 6.57. The molecule has 0 N–H and O–H groups in total. The molecule has 0 aliphatic rings. The Morgan fingerprint density at radius 3 is 0.909 bits per heavy atom. The molecule has 0 aliphatic carbocycles. The van der Waals surface area contributed by atoms with Gasteiger partial charge in [-0.25, -0.2) is 0 Å². The van der Waals surface area contributed by atoms with E-state index >= 15 is 0 Å². The quantitative estimate of drug-likeness (QED) is 0.416. The summed E-state index contributed by atoms with van der Waals surface area (Å²) in [4.78, 5) is 8.33. The van der Waals surface area contributed by atoms with Gasteiger partial charge in [0.05, 0.1) is 0 Å². The van der Waals surface area contributed by atoms with Gasteiger partial charge < -0.3 is 52.2 Å². The van der Waals surface area contributed by atoms with E-state index in [1.807, 2.05) is 0 Å². The van der Waals surface area contributed by atoms with Crippen molar-refractivity contribution in [3.8, 4) is 0 Å². The first-order valence-electron chi connectivity index (χ1n) is 0.612. The third-order valence-corrected chi connectivity index (χ3v) is 0. The van der Waals surface area contributed by atoms with Crippen LogP contribution in [0.3, 0.4) is 0 Å². The fraction of sp³-hybridized carbons (Fsp3) is 0. The second-order valence-electron chi connectivity index (χ2n) is 0.250. The van der Waals surface area contributed by atoms with Gasteiger partial charge in [0, 0.05) is 0 Å². The Hall–Kier alpha value is 5.04. The van der Waals surface area contributed by atoms with Crippen molar-refractivity contribution < 1.29 is 163 Å². The van der Waals surface area contributed by atoms with Crippen LogP contribution in [-0.2, 0) is 0 Å². The molecule has 0 heterocycles. The summed E-state index contributed by atoms with van der Waals surface area (Å²) >= 11 is 0. The Morgan fingerprint density at radius 1 is 0.909 bits per heavy atom. The number of carbonyl (C=O) groups is 1. The maximum absolute atomic E-state index is 8.33. The van der Waals surface area contributed by atoms with Crippen molar-refractivity contribution in [3.63, 3.8) is 0 Å². The molecule has 0 radical (unpaired) electrons. The first kappa shape index (κ1) is 56.1. The summed E-state index contributed by atoms with van der Waals surface area (Å²) in [6.07, 6.45) is -2.33. The first-order chi connectivity index (χ1) is 1.73. The SMILES string of the molecule is O=C([O-])[O-].[Ca+2].[Cl-].[Cl-].[Cl-].[K+].[Na+].[Na+]. The molecule has 0 aliphatic heterocycles. The maximum atomic E-state index is 8.33. The molecule has 0 unspecified atom stereocenters. The molecule has 0 spiro atoms. The predicted molar refractivity (Wildman–Crippen MR) is 11.1 cm³/mol. The van der Waals surface area contributed by atoms with Gasteiger partial charge in [-0.1, -0.05) is 0 Å². The minimum absolute atomic E-state index is 0. The van der Waals surface area contributed by atoms with Crippen molar-refractivity contribution in [2.45, 2.75) is 0 Å². The molecule has 0 aromatic carbocycles. The molecule has 0 saturated carbocycles. The largest absolute Gasteiger partial charge is 2.00 e. The van der Waals surface area contributed by atoms with Crippen LogP contribution in [0.1, 0.15) is 0 Å². The molecule has 48 valence electrons. The van der Waals surface area contributed by atoms with Crippen molar-refractivity contribution >= 4 is 43.9 Å². The number of halogens is 3. The fourth-order valence-electron chi connectivity index (χ4n) is 0. The molecular weight excluding hydrogens is 292 g/mol. The second-order valence-corrected chi connectivity index (χ2v) is 0.250. The first-order valence-corrected chi connectivity index (χ1v) is 0.612. The van der Waals surface area contributed by atoms with E-state index in [1.165, 1.54) is 0 Å². The van der Waals surface area contributed by atoms with E-state index in [0.29, 0.717) is 0 Å². The fourth-order valence-corrected chi connectivity index (χ4v) is 0. The molecule has 0 atom stereocenters. The van der Waals surface area contributed by atoms with E-state index in [-0.39, 0.29) is 185 Å². The average Bonchev–Trinajstić information content (AvgIpc) is 0.811. The Labute approximate surface area is 201 Å². The number of hydrogen-bond donors (Lipinski definition) is 0. The van der Waals surface area contributed by atoms with E-state index in [4.69, 9.17) is 15.0 Å². The summed E-state index contributed by atoms with van der Waals surface area (Å²) in [6, 6.07) is 0. The van der Waals surface area contributed by atoms with Gasteiger partial charge in [0.1, 0.15) is 0 Å². The van der Waals surface area contributed by atoms with Crippen molar-refractivity contribution in [1.82, 2.24) is 0 Å². The summed E-state index contributed by atoms with van der Waals surface area (Å²) in [6.45, 7) is 0. The average molecular weight is 292 g/mol. The van der Waals surface area contributed by atoms with Gasteiger partial charge in [-0.3, -0.25) is 0 Å². The van der Waals surface area contributed by atoms with Gasteiger partial charge in [0.2, 0.25) is 0 Å². The Morgan fingerprint density at radius 2 is 0.909 bits per heavy atom. The van der Waals surface area contributed by atoms with Crippen molar-refractivity contribution in [1.29, 1.82) is 0 Å². The number of carboxylic acid groups (broad SMARTS) is 2. The van der Waals surface area contributed by atoms with Crippen molar-refractivity contribution in [2.24, 2.45) is 0 Å². The van der Waals surface area contributed by atoms with E-state index in [0.717, 1.165) is 0 Å². The predicted octanol–water partition coefficient (Wildman–Crippen LogP) is -20.8. The number of hydrogen-bond acceptors (Lipinski definition) is 3. The van der Waals surface area contributed by atoms with Crippen molar-refractivity contribution in [2.75, 3.05) is 0 Å². The summed E-state index contributed by atoms with van der Waals surface area (Å²) in [5.41, 5.74) is 0. The van der Waals surface area contributed by atoms with Crippen LogP contribution < -0.4 is 158 Å². The maximum Gasteiger partial charge on any atom is 2.00 e. The van der Waals surface area contributed by atoms with Crippen LogP contribution >= 0.6 is 0 Å². The molecule has 11 heavy (non-hydrogen) atoms. The molecule has 0 fully saturated rings. The second kappa shape index (κ2) is 45.9. The topological polar surface area (TPSA) is 63.2 Å². The van der Waals surface area contributed by atoms with Crippen molar-refractivity contribution in [3.05, 3.63) is 0 Å². The number of carbonyl (C=O) groups excluding carboxylic acids is 1. The van der Waals surface area contributed by atoms with Gasteiger partial charge in [-0.05, 0) is 6.16 Å². The molecular formula is CCaCl3KNa2O3. The van der Waals surface area contributed by atoms with Gasteiger partial charge in [0.15, 0.2) is 0 Å². The summed E-state index contributed by atoms with van der Waals surface area (Å²) < 4.78 is 0. The molecule has 0 aromatic rings. The smallest absolute Gasteiger partial charge is 1.00 e. The van der Waals surface area contributed by atoms with E-state index in [1.54, 1.807) is 0 Å². The minimum atomic E-state index is -2.33. The summed E-state index contributed by atoms with van der Waals surface area (Å²) in [5.74, 6) is 0. The monoisotopic (exact) mass is 290 g/mol. The molecule has 3 nitrogen and oxygen atoms in total.